The molecule has 148 valence electrons. The highest BCUT2D eigenvalue weighted by atomic mass is 35.5. The molecule has 0 atom stereocenters. The Hall–Kier alpha value is -3.06. The van der Waals surface area contributed by atoms with Gasteiger partial charge in [0.15, 0.2) is 0 Å². The van der Waals surface area contributed by atoms with Gasteiger partial charge in [0.2, 0.25) is 11.3 Å². The van der Waals surface area contributed by atoms with Crippen LogP contribution in [0.4, 0.5) is 5.69 Å². The molecular formula is C20H23ClN4O3. The van der Waals surface area contributed by atoms with Crippen molar-refractivity contribution in [2.45, 2.75) is 19.9 Å². The number of H-pyrrole nitrogens is 1. The molecule has 8 heteroatoms. The van der Waals surface area contributed by atoms with E-state index in [0.717, 1.165) is 17.7 Å². The van der Waals surface area contributed by atoms with Crippen LogP contribution in [0, 0.1) is 0 Å². The minimum Gasteiger partial charge on any atom is -0.478 e. The summed E-state index contributed by atoms with van der Waals surface area (Å²) >= 11 is 0. The fraction of sp³-hybridized carbons (Fsp3) is 0.250. The van der Waals surface area contributed by atoms with Crippen LogP contribution in [0.2, 0.25) is 0 Å². The standard InChI is InChI=1S/C20H22N4O3.ClH/c1-3-10-27-17-9-8-16-18(24-17)19(25)15(12-22-16)20(26)23-11-13-4-6-14(21-2)7-5-13;/h4-9,12,21H,3,10-11H2,1-2H3,(H,22,25)(H,23,26);1H. The molecule has 0 radical (unpaired) electrons. The van der Waals surface area contributed by atoms with Crippen LogP contribution in [0.3, 0.4) is 0 Å². The molecule has 0 saturated carbocycles. The van der Waals surface area contributed by atoms with Crippen LogP contribution in [-0.2, 0) is 6.54 Å². The van der Waals surface area contributed by atoms with Crippen molar-refractivity contribution >= 4 is 35.0 Å². The van der Waals surface area contributed by atoms with Crippen molar-refractivity contribution in [3.05, 3.63) is 63.9 Å². The maximum atomic E-state index is 12.7. The highest BCUT2D eigenvalue weighted by molar-refractivity contribution is 5.96. The largest absolute Gasteiger partial charge is 0.478 e. The van der Waals surface area contributed by atoms with Crippen LogP contribution >= 0.6 is 12.4 Å². The molecule has 0 unspecified atom stereocenters. The van der Waals surface area contributed by atoms with Gasteiger partial charge in [-0.15, -0.1) is 12.4 Å². The van der Waals surface area contributed by atoms with Gasteiger partial charge in [0.25, 0.3) is 5.91 Å². The molecule has 3 N–H and O–H groups in total. The van der Waals surface area contributed by atoms with E-state index in [1.54, 1.807) is 12.1 Å². The number of rotatable bonds is 7. The van der Waals surface area contributed by atoms with E-state index < -0.39 is 11.3 Å². The van der Waals surface area contributed by atoms with E-state index in [-0.39, 0.29) is 23.5 Å². The van der Waals surface area contributed by atoms with Gasteiger partial charge in [0.1, 0.15) is 11.1 Å². The smallest absolute Gasteiger partial charge is 0.257 e. The van der Waals surface area contributed by atoms with E-state index in [9.17, 15) is 9.59 Å². The number of nitrogens with zero attached hydrogens (tertiary/aromatic N) is 1. The van der Waals surface area contributed by atoms with E-state index in [4.69, 9.17) is 4.74 Å². The normalized spacial score (nSPS) is 10.2. The molecular weight excluding hydrogens is 380 g/mol. The first-order valence-corrected chi connectivity index (χ1v) is 8.82. The summed E-state index contributed by atoms with van der Waals surface area (Å²) in [4.78, 5) is 32.3. The van der Waals surface area contributed by atoms with Gasteiger partial charge in [-0.1, -0.05) is 19.1 Å². The van der Waals surface area contributed by atoms with Gasteiger partial charge < -0.3 is 20.4 Å². The van der Waals surface area contributed by atoms with Crippen LogP contribution in [0.25, 0.3) is 11.0 Å². The van der Waals surface area contributed by atoms with Crippen LogP contribution < -0.4 is 20.8 Å². The summed E-state index contributed by atoms with van der Waals surface area (Å²) in [6.07, 6.45) is 2.26. The van der Waals surface area contributed by atoms with Crippen LogP contribution in [-0.4, -0.2) is 29.5 Å². The summed E-state index contributed by atoms with van der Waals surface area (Å²) in [7, 11) is 1.84. The molecule has 0 bridgehead atoms. The molecule has 0 fully saturated rings. The van der Waals surface area contributed by atoms with Gasteiger partial charge in [-0.2, -0.15) is 0 Å². The molecule has 0 spiro atoms. The molecule has 1 aromatic carbocycles. The van der Waals surface area contributed by atoms with Crippen LogP contribution in [0.5, 0.6) is 5.88 Å². The van der Waals surface area contributed by atoms with Crippen LogP contribution in [0.1, 0.15) is 29.3 Å². The molecule has 0 aliphatic heterocycles. The monoisotopic (exact) mass is 402 g/mol. The fourth-order valence-electron chi connectivity index (χ4n) is 2.60. The lowest BCUT2D eigenvalue weighted by Crippen LogP contribution is -2.28. The number of hydrogen-bond acceptors (Lipinski definition) is 5. The zero-order valence-electron chi connectivity index (χ0n) is 15.7. The lowest BCUT2D eigenvalue weighted by atomic mass is 10.2. The van der Waals surface area contributed by atoms with Crippen molar-refractivity contribution in [2.24, 2.45) is 0 Å². The molecule has 2 aromatic heterocycles. The average molecular weight is 403 g/mol. The third kappa shape index (κ3) is 4.80. The predicted octanol–water partition coefficient (Wildman–Crippen LogP) is 3.11. The maximum absolute atomic E-state index is 12.7. The number of aromatic nitrogens is 2. The average Bonchev–Trinajstić information content (AvgIpc) is 2.71. The lowest BCUT2D eigenvalue weighted by molar-refractivity contribution is 0.0949. The third-order valence-corrected chi connectivity index (χ3v) is 4.10. The predicted molar refractivity (Wildman–Crippen MR) is 113 cm³/mol. The summed E-state index contributed by atoms with van der Waals surface area (Å²) in [5.74, 6) is -0.0745. The van der Waals surface area contributed by atoms with Crippen molar-refractivity contribution < 1.29 is 9.53 Å². The summed E-state index contributed by atoms with van der Waals surface area (Å²) < 4.78 is 5.47. The number of aromatic amines is 1. The topological polar surface area (TPSA) is 96.1 Å². The van der Waals surface area contributed by atoms with E-state index in [1.165, 1.54) is 6.20 Å². The first kappa shape index (κ1) is 21.2. The summed E-state index contributed by atoms with van der Waals surface area (Å²) in [5.41, 5.74) is 2.28. The number of amides is 1. The number of anilines is 1. The fourth-order valence-corrected chi connectivity index (χ4v) is 2.60. The highest BCUT2D eigenvalue weighted by Crippen LogP contribution is 2.13. The maximum Gasteiger partial charge on any atom is 0.257 e. The number of carbonyl (C=O) groups excluding carboxylic acids is 1. The van der Waals surface area contributed by atoms with Crippen molar-refractivity contribution in [3.63, 3.8) is 0 Å². The Kier molecular flexibility index (Phi) is 7.40. The van der Waals surface area contributed by atoms with Crippen LogP contribution in [0.15, 0.2) is 47.4 Å². The molecule has 0 aliphatic rings. The number of nitrogens with one attached hydrogen (secondary N) is 3. The molecule has 7 nitrogen and oxygen atoms in total. The number of halogens is 1. The second-order valence-corrected chi connectivity index (χ2v) is 6.06. The number of fused-ring (bicyclic) bond motifs is 1. The summed E-state index contributed by atoms with van der Waals surface area (Å²) in [6, 6.07) is 11.1. The Morgan fingerprint density at radius 1 is 1.18 bits per heavy atom. The second-order valence-electron chi connectivity index (χ2n) is 6.06. The molecule has 3 rings (SSSR count). The molecule has 0 saturated heterocycles. The second kappa shape index (κ2) is 9.75. The van der Waals surface area contributed by atoms with Gasteiger partial charge in [-0.25, -0.2) is 4.98 Å². The minimum absolute atomic E-state index is 0. The Bertz CT molecular complexity index is 1000. The van der Waals surface area contributed by atoms with Crippen molar-refractivity contribution in [3.8, 4) is 5.88 Å². The van der Waals surface area contributed by atoms with Gasteiger partial charge in [0.05, 0.1) is 12.1 Å². The number of hydrogen-bond donors (Lipinski definition) is 3. The van der Waals surface area contributed by atoms with Crippen molar-refractivity contribution in [1.29, 1.82) is 0 Å². The van der Waals surface area contributed by atoms with E-state index >= 15 is 0 Å². The molecule has 28 heavy (non-hydrogen) atoms. The third-order valence-electron chi connectivity index (χ3n) is 4.10. The lowest BCUT2D eigenvalue weighted by Gasteiger charge is -2.08. The Morgan fingerprint density at radius 2 is 1.93 bits per heavy atom. The van der Waals surface area contributed by atoms with Gasteiger partial charge >= 0.3 is 0 Å². The zero-order valence-corrected chi connectivity index (χ0v) is 16.6. The number of benzene rings is 1. The molecule has 1 amide bonds. The SMILES string of the molecule is CCCOc1ccc2[nH]cc(C(=O)NCc3ccc(NC)cc3)c(=O)c2n1.Cl. The Morgan fingerprint density at radius 3 is 2.61 bits per heavy atom. The van der Waals surface area contributed by atoms with E-state index in [2.05, 4.69) is 20.6 Å². The Balaban J connectivity index is 0.00000280. The molecule has 0 aliphatic carbocycles. The van der Waals surface area contributed by atoms with Crippen molar-refractivity contribution in [1.82, 2.24) is 15.3 Å². The summed E-state index contributed by atoms with van der Waals surface area (Å²) in [5, 5.41) is 5.81. The van der Waals surface area contributed by atoms with Crippen molar-refractivity contribution in [2.75, 3.05) is 19.0 Å². The summed E-state index contributed by atoms with van der Waals surface area (Å²) in [6.45, 7) is 2.83. The highest BCUT2D eigenvalue weighted by Gasteiger charge is 2.14. The minimum atomic E-state index is -0.447. The number of carbonyl (C=O) groups is 1. The van der Waals surface area contributed by atoms with Gasteiger partial charge in [-0.3, -0.25) is 9.59 Å². The van der Waals surface area contributed by atoms with E-state index in [0.29, 0.717) is 24.5 Å². The quantitative estimate of drug-likeness (QED) is 0.564. The van der Waals surface area contributed by atoms with Gasteiger partial charge in [0, 0.05) is 31.5 Å². The Labute approximate surface area is 168 Å². The number of ether oxygens (including phenoxy) is 1. The number of pyridine rings is 2. The molecule has 2 heterocycles. The first-order chi connectivity index (χ1) is 13.1. The van der Waals surface area contributed by atoms with E-state index in [1.807, 2.05) is 38.2 Å². The zero-order chi connectivity index (χ0) is 19.2. The first-order valence-electron chi connectivity index (χ1n) is 8.82. The molecule has 3 aromatic rings. The van der Waals surface area contributed by atoms with Gasteiger partial charge in [-0.05, 0) is 30.2 Å².